The fourth-order valence-corrected chi connectivity index (χ4v) is 2.02. The van der Waals surface area contributed by atoms with Crippen LogP contribution < -0.4 is 5.32 Å². The van der Waals surface area contributed by atoms with Gasteiger partial charge in [0, 0.05) is 12.7 Å². The van der Waals surface area contributed by atoms with Crippen molar-refractivity contribution in [2.45, 2.75) is 0 Å². The van der Waals surface area contributed by atoms with E-state index in [1.807, 2.05) is 37.6 Å². The Morgan fingerprint density at radius 1 is 1.25 bits per heavy atom. The lowest BCUT2D eigenvalue weighted by atomic mass is 10.1. The highest BCUT2D eigenvalue weighted by Crippen LogP contribution is 2.27. The van der Waals surface area contributed by atoms with E-state index >= 15 is 0 Å². The number of thiocarbonyl (C=S) groups is 1. The van der Waals surface area contributed by atoms with Crippen LogP contribution in [0.15, 0.2) is 48.2 Å². The van der Waals surface area contributed by atoms with Crippen molar-refractivity contribution in [3.05, 3.63) is 53.7 Å². The SMILES string of the molecule is C[NH2+]C=C1C=C(c2ccccc2)N(C)C1=S. The molecule has 0 saturated heterocycles. The molecule has 1 aromatic rings. The third-order valence-corrected chi connectivity index (χ3v) is 3.13. The number of rotatable bonds is 2. The summed E-state index contributed by atoms with van der Waals surface area (Å²) < 4.78 is 0. The molecule has 0 spiro atoms. The van der Waals surface area contributed by atoms with Gasteiger partial charge in [-0.25, -0.2) is 0 Å². The van der Waals surface area contributed by atoms with Gasteiger partial charge in [-0.1, -0.05) is 42.5 Å². The Kier molecular flexibility index (Phi) is 3.17. The molecule has 3 heteroatoms. The summed E-state index contributed by atoms with van der Waals surface area (Å²) in [7, 11) is 4.02. The Labute approximate surface area is 101 Å². The molecule has 0 aromatic heterocycles. The number of nitrogens with zero attached hydrogens (tertiary/aromatic N) is 1. The van der Waals surface area contributed by atoms with Gasteiger partial charge in [0.25, 0.3) is 0 Å². The molecule has 0 fully saturated rings. The molecule has 2 nitrogen and oxygen atoms in total. The number of quaternary nitrogens is 1. The monoisotopic (exact) mass is 231 g/mol. The molecule has 1 heterocycles. The standard InChI is InChI=1S/C13H14N2S/c1-14-9-11-8-12(15(2)13(11)16)10-6-4-3-5-7-10/h3-9,14H,1-2H3/p+1. The predicted molar refractivity (Wildman–Crippen MR) is 70.7 cm³/mol. The van der Waals surface area contributed by atoms with E-state index in [1.165, 1.54) is 11.3 Å². The van der Waals surface area contributed by atoms with Crippen LogP contribution in [-0.4, -0.2) is 24.0 Å². The van der Waals surface area contributed by atoms with Gasteiger partial charge >= 0.3 is 0 Å². The molecule has 1 aromatic carbocycles. The number of likely N-dealkylation sites (N-methyl/N-ethyl adjacent to an activating group) is 1. The zero-order valence-electron chi connectivity index (χ0n) is 9.47. The minimum atomic E-state index is 0.886. The van der Waals surface area contributed by atoms with Crippen molar-refractivity contribution in [1.82, 2.24) is 4.90 Å². The van der Waals surface area contributed by atoms with E-state index in [0.29, 0.717) is 0 Å². The molecule has 0 atom stereocenters. The van der Waals surface area contributed by atoms with Crippen LogP contribution in [0, 0.1) is 0 Å². The maximum absolute atomic E-state index is 5.39. The maximum atomic E-state index is 5.39. The van der Waals surface area contributed by atoms with Crippen molar-refractivity contribution in [3.8, 4) is 0 Å². The predicted octanol–water partition coefficient (Wildman–Crippen LogP) is 1.38. The Bertz CT molecular complexity index is 460. The van der Waals surface area contributed by atoms with Crippen LogP contribution in [0.4, 0.5) is 0 Å². The fourth-order valence-electron chi connectivity index (χ4n) is 1.79. The number of nitrogens with two attached hydrogens (primary N) is 1. The first-order chi connectivity index (χ1) is 7.74. The molecule has 0 saturated carbocycles. The molecular formula is C13H15N2S+. The van der Waals surface area contributed by atoms with Gasteiger partial charge in [-0.05, 0) is 11.6 Å². The molecule has 0 unspecified atom stereocenters. The molecule has 82 valence electrons. The van der Waals surface area contributed by atoms with Gasteiger partial charge in [-0.3, -0.25) is 0 Å². The molecule has 0 bridgehead atoms. The Morgan fingerprint density at radius 2 is 1.94 bits per heavy atom. The summed E-state index contributed by atoms with van der Waals surface area (Å²) in [6.45, 7) is 0. The summed E-state index contributed by atoms with van der Waals surface area (Å²) in [6.07, 6.45) is 4.19. The number of hydrogen-bond donors (Lipinski definition) is 1. The van der Waals surface area contributed by atoms with Crippen LogP contribution in [0.1, 0.15) is 5.56 Å². The summed E-state index contributed by atoms with van der Waals surface area (Å²) in [5, 5.41) is 2.01. The van der Waals surface area contributed by atoms with Crippen molar-refractivity contribution in [2.24, 2.45) is 0 Å². The highest BCUT2D eigenvalue weighted by molar-refractivity contribution is 7.80. The average Bonchev–Trinajstić information content (AvgIpc) is 2.59. The Morgan fingerprint density at radius 3 is 2.56 bits per heavy atom. The normalized spacial score (nSPS) is 18.1. The maximum Gasteiger partial charge on any atom is 0.118 e. The van der Waals surface area contributed by atoms with Crippen molar-refractivity contribution in [3.63, 3.8) is 0 Å². The van der Waals surface area contributed by atoms with Gasteiger partial charge in [-0.15, -0.1) is 0 Å². The van der Waals surface area contributed by atoms with Gasteiger partial charge in [0.1, 0.15) is 11.2 Å². The number of hydrogen-bond acceptors (Lipinski definition) is 1. The van der Waals surface area contributed by atoms with E-state index in [9.17, 15) is 0 Å². The highest BCUT2D eigenvalue weighted by Gasteiger charge is 2.22. The van der Waals surface area contributed by atoms with Crippen LogP contribution in [0.3, 0.4) is 0 Å². The molecule has 2 N–H and O–H groups in total. The summed E-state index contributed by atoms with van der Waals surface area (Å²) in [5.41, 5.74) is 3.48. The van der Waals surface area contributed by atoms with Gasteiger partial charge < -0.3 is 10.2 Å². The average molecular weight is 231 g/mol. The van der Waals surface area contributed by atoms with E-state index in [4.69, 9.17) is 12.2 Å². The summed E-state index contributed by atoms with van der Waals surface area (Å²) in [4.78, 5) is 2.94. The lowest BCUT2D eigenvalue weighted by Gasteiger charge is -2.16. The van der Waals surface area contributed by atoms with Crippen molar-refractivity contribution < 1.29 is 5.32 Å². The van der Waals surface area contributed by atoms with Crippen LogP contribution in [0.5, 0.6) is 0 Å². The van der Waals surface area contributed by atoms with E-state index in [1.54, 1.807) is 0 Å². The zero-order valence-corrected chi connectivity index (χ0v) is 10.3. The summed E-state index contributed by atoms with van der Waals surface area (Å²) >= 11 is 5.39. The first kappa shape index (κ1) is 11.0. The molecule has 16 heavy (non-hydrogen) atoms. The van der Waals surface area contributed by atoms with Crippen molar-refractivity contribution in [1.29, 1.82) is 0 Å². The Balaban J connectivity index is 2.40. The van der Waals surface area contributed by atoms with Gasteiger partial charge in [-0.2, -0.15) is 0 Å². The third kappa shape index (κ3) is 1.92. The molecular weight excluding hydrogens is 216 g/mol. The molecule has 0 amide bonds. The minimum Gasteiger partial charge on any atom is -0.335 e. The topological polar surface area (TPSA) is 19.9 Å². The smallest absolute Gasteiger partial charge is 0.118 e. The van der Waals surface area contributed by atoms with E-state index in [2.05, 4.69) is 29.3 Å². The lowest BCUT2D eigenvalue weighted by Crippen LogP contribution is -2.73. The summed E-state index contributed by atoms with van der Waals surface area (Å²) in [6, 6.07) is 10.3. The molecule has 2 rings (SSSR count). The second kappa shape index (κ2) is 4.60. The van der Waals surface area contributed by atoms with Crippen LogP contribution in [-0.2, 0) is 0 Å². The Hall–Kier alpha value is -1.45. The first-order valence-corrected chi connectivity index (χ1v) is 5.69. The lowest BCUT2D eigenvalue weighted by molar-refractivity contribution is -0.556. The fraction of sp³-hybridized carbons (Fsp3) is 0.154. The zero-order chi connectivity index (χ0) is 11.5. The van der Waals surface area contributed by atoms with Crippen LogP contribution in [0.25, 0.3) is 5.70 Å². The van der Waals surface area contributed by atoms with Crippen molar-refractivity contribution >= 4 is 22.9 Å². The third-order valence-electron chi connectivity index (χ3n) is 2.62. The van der Waals surface area contributed by atoms with Gasteiger partial charge in [0.05, 0.1) is 12.6 Å². The van der Waals surface area contributed by atoms with Crippen molar-refractivity contribution in [2.75, 3.05) is 14.1 Å². The van der Waals surface area contributed by atoms with Gasteiger partial charge in [0.15, 0.2) is 0 Å². The number of benzene rings is 1. The van der Waals surface area contributed by atoms with E-state index < -0.39 is 0 Å². The van der Waals surface area contributed by atoms with Gasteiger partial charge in [0.2, 0.25) is 0 Å². The molecule has 0 aliphatic carbocycles. The largest absolute Gasteiger partial charge is 0.335 e. The van der Waals surface area contributed by atoms with E-state index in [0.717, 1.165) is 10.6 Å². The molecule has 0 radical (unpaired) electrons. The highest BCUT2D eigenvalue weighted by atomic mass is 32.1. The van der Waals surface area contributed by atoms with E-state index in [-0.39, 0.29) is 0 Å². The quantitative estimate of drug-likeness (QED) is 0.613. The molecule has 1 aliphatic heterocycles. The molecule has 1 aliphatic rings. The first-order valence-electron chi connectivity index (χ1n) is 5.29. The van der Waals surface area contributed by atoms with Crippen LogP contribution in [0.2, 0.25) is 0 Å². The van der Waals surface area contributed by atoms with Crippen LogP contribution >= 0.6 is 12.2 Å². The summed E-state index contributed by atoms with van der Waals surface area (Å²) in [5.74, 6) is 0. The second-order valence-electron chi connectivity index (χ2n) is 3.72. The minimum absolute atomic E-state index is 0.886. The second-order valence-corrected chi connectivity index (χ2v) is 4.10.